The molecular formula is C14H23N3O3. The number of amides is 1. The predicted octanol–water partition coefficient (Wildman–Crippen LogP) is 0.443. The Hall–Kier alpha value is -1.16. The molecule has 2 heterocycles. The number of carbonyl (C=O) groups excluding carboxylic acids is 1. The van der Waals surface area contributed by atoms with Gasteiger partial charge in [0, 0.05) is 26.1 Å². The first-order valence-corrected chi connectivity index (χ1v) is 7.27. The van der Waals surface area contributed by atoms with Crippen molar-refractivity contribution < 1.29 is 14.3 Å². The van der Waals surface area contributed by atoms with Crippen LogP contribution in [0, 0.1) is 17.2 Å². The van der Waals surface area contributed by atoms with E-state index >= 15 is 0 Å². The van der Waals surface area contributed by atoms with Crippen molar-refractivity contribution in [3.05, 3.63) is 0 Å². The number of likely N-dealkylation sites (N-methyl/N-ethyl adjacent to an activating group) is 1. The second kappa shape index (κ2) is 7.58. The molecule has 112 valence electrons. The maximum Gasteiger partial charge on any atom is 0.236 e. The van der Waals surface area contributed by atoms with Crippen molar-refractivity contribution in [2.45, 2.75) is 25.6 Å². The fraction of sp³-hybridized carbons (Fsp3) is 0.857. The molecule has 6 nitrogen and oxygen atoms in total. The standard InChI is InChI=1S/C14H23N3O3/c1-16(6-3-5-15)13(18)11-17-7-2-4-12(10-17)14-19-8-9-20-14/h12,14H,2-4,6-11H2,1H3. The molecule has 6 heteroatoms. The number of rotatable bonds is 5. The first kappa shape index (κ1) is 15.2. The summed E-state index contributed by atoms with van der Waals surface area (Å²) in [5.74, 6) is 0.442. The minimum Gasteiger partial charge on any atom is -0.350 e. The van der Waals surface area contributed by atoms with Gasteiger partial charge in [-0.05, 0) is 19.4 Å². The number of nitrogens with zero attached hydrogens (tertiary/aromatic N) is 3. The molecule has 2 aliphatic rings. The molecule has 2 saturated heterocycles. The van der Waals surface area contributed by atoms with E-state index in [1.54, 1.807) is 11.9 Å². The first-order valence-electron chi connectivity index (χ1n) is 7.27. The topological polar surface area (TPSA) is 65.8 Å². The van der Waals surface area contributed by atoms with Crippen LogP contribution in [0.25, 0.3) is 0 Å². The highest BCUT2D eigenvalue weighted by molar-refractivity contribution is 5.78. The van der Waals surface area contributed by atoms with Gasteiger partial charge in [-0.3, -0.25) is 9.69 Å². The highest BCUT2D eigenvalue weighted by Gasteiger charge is 2.31. The highest BCUT2D eigenvalue weighted by atomic mass is 16.7. The van der Waals surface area contributed by atoms with Gasteiger partial charge in [0.25, 0.3) is 0 Å². The monoisotopic (exact) mass is 281 g/mol. The zero-order chi connectivity index (χ0) is 14.4. The van der Waals surface area contributed by atoms with E-state index in [1.165, 1.54) is 0 Å². The van der Waals surface area contributed by atoms with Gasteiger partial charge in [0.15, 0.2) is 6.29 Å². The van der Waals surface area contributed by atoms with Crippen molar-refractivity contribution >= 4 is 5.91 Å². The molecule has 1 atom stereocenters. The molecule has 0 aliphatic carbocycles. The Morgan fingerprint density at radius 3 is 2.90 bits per heavy atom. The fourth-order valence-electron chi connectivity index (χ4n) is 2.76. The third-order valence-electron chi connectivity index (χ3n) is 3.92. The Bertz CT molecular complexity index is 363. The summed E-state index contributed by atoms with van der Waals surface area (Å²) in [5.41, 5.74) is 0. The molecule has 2 rings (SSSR count). The summed E-state index contributed by atoms with van der Waals surface area (Å²) in [7, 11) is 1.75. The summed E-state index contributed by atoms with van der Waals surface area (Å²) >= 11 is 0. The van der Waals surface area contributed by atoms with E-state index in [1.807, 2.05) is 0 Å². The van der Waals surface area contributed by atoms with Crippen molar-refractivity contribution in [1.29, 1.82) is 5.26 Å². The summed E-state index contributed by atoms with van der Waals surface area (Å²) in [6.45, 7) is 4.07. The third-order valence-corrected chi connectivity index (χ3v) is 3.92. The molecule has 0 saturated carbocycles. The van der Waals surface area contributed by atoms with E-state index < -0.39 is 0 Å². The number of carbonyl (C=O) groups is 1. The van der Waals surface area contributed by atoms with E-state index in [-0.39, 0.29) is 12.2 Å². The van der Waals surface area contributed by atoms with E-state index in [2.05, 4.69) is 11.0 Å². The number of nitriles is 1. The Kier molecular flexibility index (Phi) is 5.77. The van der Waals surface area contributed by atoms with Crippen LogP contribution in [-0.4, -0.2) is 68.4 Å². The molecule has 0 spiro atoms. The van der Waals surface area contributed by atoms with Crippen molar-refractivity contribution in [1.82, 2.24) is 9.80 Å². The van der Waals surface area contributed by atoms with E-state index in [0.29, 0.717) is 38.6 Å². The van der Waals surface area contributed by atoms with Crippen molar-refractivity contribution in [2.75, 3.05) is 46.4 Å². The fourth-order valence-corrected chi connectivity index (χ4v) is 2.76. The molecule has 0 aromatic carbocycles. The highest BCUT2D eigenvalue weighted by Crippen LogP contribution is 2.24. The molecule has 20 heavy (non-hydrogen) atoms. The average Bonchev–Trinajstić information content (AvgIpc) is 2.99. The van der Waals surface area contributed by atoms with Crippen molar-refractivity contribution in [3.63, 3.8) is 0 Å². The third kappa shape index (κ3) is 4.17. The van der Waals surface area contributed by atoms with Crippen LogP contribution in [0.15, 0.2) is 0 Å². The zero-order valence-corrected chi connectivity index (χ0v) is 12.1. The summed E-state index contributed by atoms with van der Waals surface area (Å²) in [6.07, 6.45) is 2.46. The summed E-state index contributed by atoms with van der Waals surface area (Å²) < 4.78 is 11.1. The number of hydrogen-bond donors (Lipinski definition) is 0. The lowest BCUT2D eigenvalue weighted by atomic mass is 9.97. The van der Waals surface area contributed by atoms with Crippen LogP contribution in [-0.2, 0) is 14.3 Å². The zero-order valence-electron chi connectivity index (χ0n) is 12.1. The SMILES string of the molecule is CN(CCC#N)C(=O)CN1CCCC(C2OCCO2)C1. The molecule has 1 amide bonds. The average molecular weight is 281 g/mol. The maximum absolute atomic E-state index is 12.1. The smallest absolute Gasteiger partial charge is 0.236 e. The second-order valence-electron chi connectivity index (χ2n) is 5.47. The molecule has 0 aromatic heterocycles. The Labute approximate surface area is 120 Å². The van der Waals surface area contributed by atoms with Crippen LogP contribution >= 0.6 is 0 Å². The molecule has 0 bridgehead atoms. The maximum atomic E-state index is 12.1. The molecule has 1 unspecified atom stereocenters. The molecule has 0 radical (unpaired) electrons. The van der Waals surface area contributed by atoms with Crippen LogP contribution in [0.3, 0.4) is 0 Å². The lowest BCUT2D eigenvalue weighted by molar-refractivity contribution is -0.133. The number of piperidine rings is 1. The quantitative estimate of drug-likeness (QED) is 0.732. The van der Waals surface area contributed by atoms with Crippen LogP contribution in [0.4, 0.5) is 0 Å². The van der Waals surface area contributed by atoms with E-state index in [4.69, 9.17) is 14.7 Å². The minimum absolute atomic E-state index is 0.0779. The summed E-state index contributed by atoms with van der Waals surface area (Å²) in [6, 6.07) is 2.06. The van der Waals surface area contributed by atoms with Crippen LogP contribution < -0.4 is 0 Å². The Morgan fingerprint density at radius 1 is 1.45 bits per heavy atom. The number of hydrogen-bond acceptors (Lipinski definition) is 5. The van der Waals surface area contributed by atoms with Crippen LogP contribution in [0.1, 0.15) is 19.3 Å². The molecule has 2 fully saturated rings. The summed E-state index contributed by atoms with van der Waals surface area (Å²) in [5, 5.41) is 8.55. The Balaban J connectivity index is 1.77. The van der Waals surface area contributed by atoms with Gasteiger partial charge >= 0.3 is 0 Å². The first-order chi connectivity index (χ1) is 9.70. The molecule has 2 aliphatic heterocycles. The van der Waals surface area contributed by atoms with E-state index in [9.17, 15) is 4.79 Å². The normalized spacial score (nSPS) is 24.5. The van der Waals surface area contributed by atoms with Gasteiger partial charge < -0.3 is 14.4 Å². The van der Waals surface area contributed by atoms with Gasteiger partial charge in [0.1, 0.15) is 0 Å². The number of ether oxygens (including phenoxy) is 2. The lowest BCUT2D eigenvalue weighted by Gasteiger charge is -2.34. The van der Waals surface area contributed by atoms with Crippen LogP contribution in [0.5, 0.6) is 0 Å². The van der Waals surface area contributed by atoms with Gasteiger partial charge in [0.2, 0.25) is 5.91 Å². The second-order valence-corrected chi connectivity index (χ2v) is 5.47. The van der Waals surface area contributed by atoms with Crippen molar-refractivity contribution in [3.8, 4) is 6.07 Å². The van der Waals surface area contributed by atoms with Gasteiger partial charge in [-0.25, -0.2) is 0 Å². The predicted molar refractivity (Wildman–Crippen MR) is 72.7 cm³/mol. The van der Waals surface area contributed by atoms with E-state index in [0.717, 1.165) is 25.9 Å². The van der Waals surface area contributed by atoms with Gasteiger partial charge in [0.05, 0.1) is 32.2 Å². The van der Waals surface area contributed by atoms with Gasteiger partial charge in [-0.15, -0.1) is 0 Å². The van der Waals surface area contributed by atoms with Gasteiger partial charge in [-0.1, -0.05) is 0 Å². The summed E-state index contributed by atoms with van der Waals surface area (Å²) in [4.78, 5) is 15.9. The Morgan fingerprint density at radius 2 is 2.20 bits per heavy atom. The molecule has 0 aromatic rings. The lowest BCUT2D eigenvalue weighted by Crippen LogP contribution is -2.45. The minimum atomic E-state index is -0.0933. The van der Waals surface area contributed by atoms with Crippen molar-refractivity contribution in [2.24, 2.45) is 5.92 Å². The number of likely N-dealkylation sites (tertiary alicyclic amines) is 1. The molecular weight excluding hydrogens is 258 g/mol. The molecule has 0 N–H and O–H groups in total. The van der Waals surface area contributed by atoms with Crippen LogP contribution in [0.2, 0.25) is 0 Å². The largest absolute Gasteiger partial charge is 0.350 e. The van der Waals surface area contributed by atoms with Gasteiger partial charge in [-0.2, -0.15) is 5.26 Å².